The lowest BCUT2D eigenvalue weighted by Gasteiger charge is -2.10. The van der Waals surface area contributed by atoms with Crippen LogP contribution in [0.25, 0.3) is 132 Å². The molecule has 9 heterocycles. The van der Waals surface area contributed by atoms with Crippen LogP contribution in [0.3, 0.4) is 0 Å². The standard InChI is InChI=1S/C24H19F2N3O2.C20H15FN4OS.C17H12F2N2O2.C17H14FN3O2.C16H13F2N3.C12H11FN2O2/c1-31-23-8-3-2-7-18(23)24(30)27-14-16-12-19-21(28-29-22(19)13-20(16)26)10-9-15-5-4-6-17(25)11-15;21-16-11-18-15(10-19(16)23-20(26)9-14-4-2-8-27-14)17(24-25-18)6-5-13-3-1-7-22-12-13;1-23-17(22)12-6-8-14-15(16(12)19)13(20-21-14)7-5-10-3-2-4-11(18)9-10;1-21-16-9-14(18)12(17(22)23-2)8-13(16)15(20-21)6-5-11-4-3-7-19-10-11;17-12-3-1-2-10(6-12)4-5-15-13-7-11(9-19)14(18)8-16(13)21-20-15;1-4-10-8-5-7(12(16)17-3)9(13)6-11(8)15(2)14-10/h2-13H,14H2,1H3,(H,27,30)(H,28,29);1-8,10-12H,9H2,(H,23,26)(H,24,25);2-9H,1H3,(H,20,21);3-10H,1-2H3;1-8H,9,19H2,(H,20,21);4-6H,1H2,2-3H3/b10-9+;6-5+;7-5+;6-5+;5-4+;. The zero-order valence-electron chi connectivity index (χ0n) is 76.2. The maximum absolute atomic E-state index is 14.5. The molecule has 19 rings (SSSR count). The number of esters is 3. The van der Waals surface area contributed by atoms with Gasteiger partial charge in [-0.15, -0.1) is 11.3 Å². The van der Waals surface area contributed by atoms with E-state index in [4.69, 9.17) is 10.5 Å². The van der Waals surface area contributed by atoms with Crippen molar-refractivity contribution < 1.29 is 82.4 Å². The van der Waals surface area contributed by atoms with Crippen LogP contribution in [0.2, 0.25) is 0 Å². The summed E-state index contributed by atoms with van der Waals surface area (Å²) in [7, 11) is 8.53. The number of benzene rings is 10. The molecule has 0 aliphatic rings. The van der Waals surface area contributed by atoms with Gasteiger partial charge in [0.05, 0.1) is 135 Å². The van der Waals surface area contributed by atoms with Crippen LogP contribution in [0, 0.1) is 52.4 Å². The first-order chi connectivity index (χ1) is 68.7. The number of aromatic nitrogens is 14. The lowest BCUT2D eigenvalue weighted by molar-refractivity contribution is -0.115. The van der Waals surface area contributed by atoms with Crippen LogP contribution < -0.4 is 21.1 Å². The Bertz CT molecular complexity index is 8030. The van der Waals surface area contributed by atoms with Crippen molar-refractivity contribution in [3.8, 4) is 5.75 Å². The number of nitrogens with one attached hydrogen (secondary N) is 6. The maximum Gasteiger partial charge on any atom is 0.340 e. The molecule has 0 saturated carbocycles. The summed E-state index contributed by atoms with van der Waals surface area (Å²) in [6, 6.07) is 53.8. The fourth-order valence-corrected chi connectivity index (χ4v) is 15.2. The molecule has 9 aromatic heterocycles. The number of pyridine rings is 2. The normalized spacial score (nSPS) is 11.2. The van der Waals surface area contributed by atoms with Gasteiger partial charge >= 0.3 is 17.9 Å². The highest BCUT2D eigenvalue weighted by Crippen LogP contribution is 2.33. The summed E-state index contributed by atoms with van der Waals surface area (Å²) in [5, 5.41) is 47.2. The predicted octanol–water partition coefficient (Wildman–Crippen LogP) is 21.9. The number of thiophene rings is 1. The van der Waals surface area contributed by atoms with Gasteiger partial charge in [0.15, 0.2) is 0 Å². The second kappa shape index (κ2) is 46.7. The third-order valence-electron chi connectivity index (χ3n) is 21.5. The van der Waals surface area contributed by atoms with E-state index in [0.717, 1.165) is 32.3 Å². The van der Waals surface area contributed by atoms with Crippen LogP contribution in [-0.2, 0) is 52.6 Å². The molecule has 2 amide bonds. The first-order valence-corrected chi connectivity index (χ1v) is 43.8. The van der Waals surface area contributed by atoms with E-state index >= 15 is 0 Å². The Kier molecular flexibility index (Phi) is 32.8. The SMILES string of the molecule is C=Cc1nn(C)c2cc(F)c(C(=O)OC)cc12.COC(=O)c1cc2c(/C=C/c3cccnc3)nn(C)c2cc1F.COC(=O)c1ccc2[nH]nc(/C=C/c3cccc(F)c3)c2c1F.COc1ccccc1C(=O)NCc1cc2c(/C=C/c3cccc(F)c3)n[nH]c2cc1F.NCc1cc2c(/C=C/c3cccc(F)c3)n[nH]c2cc1F.O=C(Cc1cccs1)Nc1cc2c(/C=C/c3cccnc3)n[nH]c2cc1F. The van der Waals surface area contributed by atoms with Gasteiger partial charge in [-0.25, -0.2) is 53.9 Å². The number of ether oxygens (including phenoxy) is 4. The molecular weight excluding hydrogens is 1860 g/mol. The van der Waals surface area contributed by atoms with Crippen molar-refractivity contribution in [1.82, 2.24) is 75.6 Å². The summed E-state index contributed by atoms with van der Waals surface area (Å²) >= 11 is 1.49. The van der Waals surface area contributed by atoms with Crippen molar-refractivity contribution in [1.29, 1.82) is 0 Å². The Morgan fingerprint density at radius 3 is 1.36 bits per heavy atom. The van der Waals surface area contributed by atoms with E-state index in [-0.39, 0.29) is 82.4 Å². The van der Waals surface area contributed by atoms with Crippen molar-refractivity contribution in [2.45, 2.75) is 19.5 Å². The molecule has 716 valence electrons. The first kappa shape index (κ1) is 99.9. The summed E-state index contributed by atoms with van der Waals surface area (Å²) < 4.78 is 146. The maximum atomic E-state index is 14.5. The van der Waals surface area contributed by atoms with Gasteiger partial charge in [-0.2, -0.15) is 30.6 Å². The molecular formula is C106H84F9N17O9S. The minimum Gasteiger partial charge on any atom is -0.496 e. The molecule has 142 heavy (non-hydrogen) atoms. The van der Waals surface area contributed by atoms with E-state index in [1.54, 1.807) is 177 Å². The Balaban J connectivity index is 0.000000137. The molecule has 0 fully saturated rings. The number of aromatic amines is 4. The first-order valence-electron chi connectivity index (χ1n) is 43.0. The molecule has 36 heteroatoms. The van der Waals surface area contributed by atoms with E-state index in [1.165, 1.54) is 129 Å². The molecule has 0 spiro atoms. The number of fused-ring (bicyclic) bond motifs is 6. The summed E-state index contributed by atoms with van der Waals surface area (Å²) in [6.45, 7) is 3.75. The van der Waals surface area contributed by atoms with Gasteiger partial charge in [0.2, 0.25) is 5.91 Å². The molecule has 0 unspecified atom stereocenters. The number of nitrogens with two attached hydrogens (primary N) is 1. The number of anilines is 1. The third-order valence-corrected chi connectivity index (χ3v) is 22.4. The van der Waals surface area contributed by atoms with Crippen LogP contribution in [-0.4, -0.2) is 128 Å². The predicted molar refractivity (Wildman–Crippen MR) is 531 cm³/mol. The average Bonchev–Trinajstić information content (AvgIpc) is 1.64. The number of halogens is 9. The van der Waals surface area contributed by atoms with Gasteiger partial charge in [-0.1, -0.05) is 104 Å². The molecule has 8 N–H and O–H groups in total. The monoisotopic (exact) mass is 1940 g/mol. The quantitative estimate of drug-likeness (QED) is 0.0188. The molecule has 0 atom stereocenters. The zero-order valence-corrected chi connectivity index (χ0v) is 77.0. The number of aryl methyl sites for hydroxylation is 2. The lowest BCUT2D eigenvalue weighted by atomic mass is 10.1. The van der Waals surface area contributed by atoms with Crippen molar-refractivity contribution >= 4 is 179 Å². The van der Waals surface area contributed by atoms with Gasteiger partial charge in [-0.3, -0.25) is 49.3 Å². The highest BCUT2D eigenvalue weighted by molar-refractivity contribution is 7.10. The minimum atomic E-state index is -0.759. The number of carbonyl (C=O) groups is 5. The fraction of sp³-hybridized carbons (Fsp3) is 0.0849. The number of nitrogens with zero attached hydrogens (tertiary/aromatic N) is 10. The molecule has 0 saturated heterocycles. The summed E-state index contributed by atoms with van der Waals surface area (Å²) in [5.41, 5.74) is 17.1. The number of carbonyl (C=O) groups excluding carboxylic acids is 5. The molecule has 0 aliphatic carbocycles. The van der Waals surface area contributed by atoms with Crippen LogP contribution in [0.4, 0.5) is 45.2 Å². The smallest absolute Gasteiger partial charge is 0.340 e. The number of H-pyrrole nitrogens is 4. The number of methoxy groups -OCH3 is 4. The van der Waals surface area contributed by atoms with Crippen LogP contribution in [0.5, 0.6) is 5.75 Å². The van der Waals surface area contributed by atoms with E-state index < -0.39 is 47.0 Å². The number of rotatable bonds is 22. The van der Waals surface area contributed by atoms with E-state index in [2.05, 4.69) is 92.4 Å². The minimum absolute atomic E-state index is 0.00309. The zero-order chi connectivity index (χ0) is 101. The van der Waals surface area contributed by atoms with Crippen LogP contribution >= 0.6 is 11.3 Å². The van der Waals surface area contributed by atoms with Crippen molar-refractivity contribution in [3.63, 3.8) is 0 Å². The van der Waals surface area contributed by atoms with Gasteiger partial charge in [0, 0.05) is 113 Å². The Morgan fingerprint density at radius 2 is 0.873 bits per heavy atom. The highest BCUT2D eigenvalue weighted by Gasteiger charge is 2.24. The van der Waals surface area contributed by atoms with Crippen LogP contribution in [0.1, 0.15) is 119 Å². The van der Waals surface area contributed by atoms with Gasteiger partial charge in [0.1, 0.15) is 58.1 Å². The lowest BCUT2D eigenvalue weighted by Crippen LogP contribution is -2.23. The van der Waals surface area contributed by atoms with E-state index in [1.807, 2.05) is 60.0 Å². The molecule has 0 aliphatic heterocycles. The summed E-state index contributed by atoms with van der Waals surface area (Å²) in [4.78, 5) is 68.3. The second-order valence-corrected chi connectivity index (χ2v) is 31.9. The summed E-state index contributed by atoms with van der Waals surface area (Å²) in [5.74, 6) is -6.62. The number of hydrogen-bond donors (Lipinski definition) is 7. The number of hydrogen-bond acceptors (Lipinski definition) is 19. The summed E-state index contributed by atoms with van der Waals surface area (Å²) in [6.07, 6.45) is 26.1. The Morgan fingerprint density at radius 1 is 0.423 bits per heavy atom. The van der Waals surface area contributed by atoms with Crippen molar-refractivity contribution in [2.75, 3.05) is 33.8 Å². The van der Waals surface area contributed by atoms with Gasteiger partial charge < -0.3 is 35.3 Å². The fourth-order valence-electron chi connectivity index (χ4n) is 14.5. The van der Waals surface area contributed by atoms with Crippen molar-refractivity contribution in [3.05, 3.63) is 396 Å². The van der Waals surface area contributed by atoms with E-state index in [9.17, 15) is 63.5 Å². The number of amides is 2. The van der Waals surface area contributed by atoms with E-state index in [0.29, 0.717) is 117 Å². The molecule has 10 aromatic carbocycles. The van der Waals surface area contributed by atoms with Gasteiger partial charge in [-0.05, 0) is 191 Å². The third kappa shape index (κ3) is 24.7. The second-order valence-electron chi connectivity index (χ2n) is 30.8. The highest BCUT2D eigenvalue weighted by atomic mass is 32.1. The average molecular weight is 1940 g/mol. The van der Waals surface area contributed by atoms with Crippen molar-refractivity contribution in [2.24, 2.45) is 19.8 Å². The topological polar surface area (TPSA) is 348 Å². The molecule has 19 aromatic rings. The van der Waals surface area contributed by atoms with Gasteiger partial charge in [0.25, 0.3) is 5.91 Å². The molecule has 26 nitrogen and oxygen atoms in total. The largest absolute Gasteiger partial charge is 0.496 e. The van der Waals surface area contributed by atoms with Crippen LogP contribution in [0.15, 0.2) is 243 Å². The number of para-hydroxylation sites is 1. The Hall–Kier alpha value is -18.1. The Labute approximate surface area is 807 Å². The molecule has 0 bridgehead atoms. The molecule has 0 radical (unpaired) electrons.